The monoisotopic (exact) mass is 354 g/mol. The minimum absolute atomic E-state index is 0.0924. The Morgan fingerprint density at radius 1 is 1.38 bits per heavy atom. The van der Waals surface area contributed by atoms with Crippen LogP contribution in [0.5, 0.6) is 0 Å². The highest BCUT2D eigenvalue weighted by atomic mass is 16.5. The third kappa shape index (κ3) is 3.26. The number of likely N-dealkylation sites (tertiary alicyclic amines) is 1. The smallest absolute Gasteiger partial charge is 0.257 e. The topological polar surface area (TPSA) is 60.2 Å². The summed E-state index contributed by atoms with van der Waals surface area (Å²) >= 11 is 0. The van der Waals surface area contributed by atoms with Crippen LogP contribution in [0.1, 0.15) is 40.7 Å². The van der Waals surface area contributed by atoms with E-state index in [4.69, 9.17) is 4.74 Å². The van der Waals surface area contributed by atoms with Crippen LogP contribution < -0.4 is 0 Å². The van der Waals surface area contributed by atoms with Gasteiger partial charge in [-0.2, -0.15) is 5.10 Å². The van der Waals surface area contributed by atoms with E-state index in [-0.39, 0.29) is 11.3 Å². The van der Waals surface area contributed by atoms with Crippen LogP contribution >= 0.6 is 0 Å². The summed E-state index contributed by atoms with van der Waals surface area (Å²) in [6.45, 7) is 4.96. The summed E-state index contributed by atoms with van der Waals surface area (Å²) in [6.07, 6.45) is 10.7. The molecule has 2 aromatic heterocycles. The Bertz CT molecular complexity index is 803. The zero-order valence-electron chi connectivity index (χ0n) is 15.5. The number of pyridine rings is 1. The Kier molecular flexibility index (Phi) is 4.53. The Labute approximate surface area is 154 Å². The second-order valence-electron chi connectivity index (χ2n) is 7.90. The van der Waals surface area contributed by atoms with E-state index in [0.717, 1.165) is 30.6 Å². The molecule has 0 aromatic carbocycles. The van der Waals surface area contributed by atoms with Gasteiger partial charge in [-0.05, 0) is 36.8 Å². The summed E-state index contributed by atoms with van der Waals surface area (Å²) in [5, 5.41) is 4.13. The van der Waals surface area contributed by atoms with Crippen molar-refractivity contribution < 1.29 is 9.53 Å². The molecule has 138 valence electrons. The fraction of sp³-hybridized carbons (Fsp3) is 0.550. The highest BCUT2D eigenvalue weighted by molar-refractivity contribution is 5.94. The molecule has 1 saturated carbocycles. The molecule has 0 radical (unpaired) electrons. The Hall–Kier alpha value is -2.21. The first-order chi connectivity index (χ1) is 12.6. The first kappa shape index (κ1) is 17.2. The minimum Gasteiger partial charge on any atom is -0.376 e. The summed E-state index contributed by atoms with van der Waals surface area (Å²) in [7, 11) is 1.84. The van der Waals surface area contributed by atoms with Crippen LogP contribution in [0.3, 0.4) is 0 Å². The third-order valence-corrected chi connectivity index (χ3v) is 5.87. The third-order valence-electron chi connectivity index (χ3n) is 5.87. The number of hydrogen-bond donors (Lipinski definition) is 0. The fourth-order valence-corrected chi connectivity index (χ4v) is 4.59. The van der Waals surface area contributed by atoms with Crippen LogP contribution in [0.4, 0.5) is 0 Å². The lowest BCUT2D eigenvalue weighted by Gasteiger charge is -2.28. The SMILES string of the molecule is Cc1cncc(COC[C@@]23CCC[C@@H]2CN(C(=O)c2cnn(C)c2)C3)c1. The molecule has 2 aromatic rings. The highest BCUT2D eigenvalue weighted by Gasteiger charge is 2.50. The molecule has 2 atom stereocenters. The van der Waals surface area contributed by atoms with Crippen molar-refractivity contribution in [1.29, 1.82) is 0 Å². The van der Waals surface area contributed by atoms with Gasteiger partial charge in [0, 0.05) is 44.1 Å². The van der Waals surface area contributed by atoms with Crippen LogP contribution in [-0.4, -0.2) is 45.3 Å². The molecule has 26 heavy (non-hydrogen) atoms. The van der Waals surface area contributed by atoms with Gasteiger partial charge >= 0.3 is 0 Å². The second kappa shape index (κ2) is 6.83. The Balaban J connectivity index is 1.40. The van der Waals surface area contributed by atoms with Crippen LogP contribution in [0.2, 0.25) is 0 Å². The second-order valence-corrected chi connectivity index (χ2v) is 7.90. The molecule has 3 heterocycles. The van der Waals surface area contributed by atoms with Crippen LogP contribution in [0.25, 0.3) is 0 Å². The number of nitrogens with zero attached hydrogens (tertiary/aromatic N) is 4. The molecule has 0 N–H and O–H groups in total. The highest BCUT2D eigenvalue weighted by Crippen LogP contribution is 2.49. The molecule has 1 aliphatic heterocycles. The largest absolute Gasteiger partial charge is 0.376 e. The maximum atomic E-state index is 12.8. The number of hydrogen-bond acceptors (Lipinski definition) is 4. The number of aryl methyl sites for hydroxylation is 2. The van der Waals surface area contributed by atoms with E-state index in [1.54, 1.807) is 17.1 Å². The van der Waals surface area contributed by atoms with Crippen molar-refractivity contribution in [3.8, 4) is 0 Å². The average molecular weight is 354 g/mol. The van der Waals surface area contributed by atoms with Crippen molar-refractivity contribution in [2.24, 2.45) is 18.4 Å². The van der Waals surface area contributed by atoms with Gasteiger partial charge in [-0.25, -0.2) is 0 Å². The van der Waals surface area contributed by atoms with Gasteiger partial charge in [-0.15, -0.1) is 0 Å². The predicted molar refractivity (Wildman–Crippen MR) is 97.5 cm³/mol. The zero-order valence-corrected chi connectivity index (χ0v) is 15.5. The summed E-state index contributed by atoms with van der Waals surface area (Å²) in [5.41, 5.74) is 3.04. The first-order valence-corrected chi connectivity index (χ1v) is 9.32. The van der Waals surface area contributed by atoms with Crippen molar-refractivity contribution in [3.63, 3.8) is 0 Å². The molecule has 6 heteroatoms. The van der Waals surface area contributed by atoms with Crippen molar-refractivity contribution in [2.45, 2.75) is 32.8 Å². The molecule has 1 amide bonds. The molecule has 6 nitrogen and oxygen atoms in total. The average Bonchev–Trinajstić information content (AvgIpc) is 3.28. The number of carbonyl (C=O) groups excluding carboxylic acids is 1. The number of ether oxygens (including phenoxy) is 1. The molecular formula is C20H26N4O2. The number of carbonyl (C=O) groups is 1. The molecule has 4 rings (SSSR count). The quantitative estimate of drug-likeness (QED) is 0.828. The van der Waals surface area contributed by atoms with Crippen molar-refractivity contribution in [1.82, 2.24) is 19.7 Å². The standard InChI is InChI=1S/C20H26N4O2/c1-15-6-16(8-21-7-15)12-26-14-20-5-3-4-18(20)11-24(13-20)19(25)17-9-22-23(2)10-17/h6-10,18H,3-5,11-14H2,1-2H3/t18-,20+/m1/s1. The van der Waals surface area contributed by atoms with Crippen molar-refractivity contribution >= 4 is 5.91 Å². The van der Waals surface area contributed by atoms with E-state index in [0.29, 0.717) is 24.7 Å². The van der Waals surface area contributed by atoms with Gasteiger partial charge in [0.2, 0.25) is 0 Å². The number of fused-ring (bicyclic) bond motifs is 1. The number of amides is 1. The molecule has 1 aliphatic carbocycles. The normalized spacial score (nSPS) is 24.8. The molecule has 0 spiro atoms. The van der Waals surface area contributed by atoms with Crippen LogP contribution in [-0.2, 0) is 18.4 Å². The molecule has 1 saturated heterocycles. The van der Waals surface area contributed by atoms with Crippen molar-refractivity contribution in [3.05, 3.63) is 47.5 Å². The zero-order chi connectivity index (χ0) is 18.1. The maximum Gasteiger partial charge on any atom is 0.257 e. The molecule has 2 fully saturated rings. The minimum atomic E-state index is 0.0924. The van der Waals surface area contributed by atoms with Crippen LogP contribution in [0.15, 0.2) is 30.9 Å². The van der Waals surface area contributed by atoms with Gasteiger partial charge in [0.05, 0.1) is 25.0 Å². The Morgan fingerprint density at radius 2 is 2.27 bits per heavy atom. The maximum absolute atomic E-state index is 12.8. The summed E-state index contributed by atoms with van der Waals surface area (Å²) < 4.78 is 7.79. The first-order valence-electron chi connectivity index (χ1n) is 9.32. The number of aromatic nitrogens is 3. The Morgan fingerprint density at radius 3 is 3.04 bits per heavy atom. The summed E-state index contributed by atoms with van der Waals surface area (Å²) in [5.74, 6) is 0.633. The molecule has 2 aliphatic rings. The van der Waals surface area contributed by atoms with Gasteiger partial charge in [-0.1, -0.05) is 12.5 Å². The van der Waals surface area contributed by atoms with Gasteiger partial charge in [0.15, 0.2) is 0 Å². The lowest BCUT2D eigenvalue weighted by Crippen LogP contribution is -2.34. The predicted octanol–water partition coefficient (Wildman–Crippen LogP) is 2.58. The summed E-state index contributed by atoms with van der Waals surface area (Å²) in [4.78, 5) is 19.0. The van der Waals surface area contributed by atoms with E-state index in [9.17, 15) is 4.79 Å². The molecule has 0 unspecified atom stereocenters. The number of rotatable bonds is 5. The van der Waals surface area contributed by atoms with Gasteiger partial charge < -0.3 is 9.64 Å². The van der Waals surface area contributed by atoms with E-state index < -0.39 is 0 Å². The lowest BCUT2D eigenvalue weighted by molar-refractivity contribution is 0.0264. The van der Waals surface area contributed by atoms with Crippen LogP contribution in [0, 0.1) is 18.3 Å². The van der Waals surface area contributed by atoms with E-state index in [1.807, 2.05) is 31.3 Å². The molecular weight excluding hydrogens is 328 g/mol. The molecule has 0 bridgehead atoms. The summed E-state index contributed by atoms with van der Waals surface area (Å²) in [6, 6.07) is 2.11. The van der Waals surface area contributed by atoms with E-state index in [1.165, 1.54) is 12.8 Å². The van der Waals surface area contributed by atoms with E-state index in [2.05, 4.69) is 16.1 Å². The van der Waals surface area contributed by atoms with E-state index >= 15 is 0 Å². The fourth-order valence-electron chi connectivity index (χ4n) is 4.59. The lowest BCUT2D eigenvalue weighted by atomic mass is 9.81. The van der Waals surface area contributed by atoms with Gasteiger partial charge in [0.1, 0.15) is 0 Å². The van der Waals surface area contributed by atoms with Crippen molar-refractivity contribution in [2.75, 3.05) is 19.7 Å². The van der Waals surface area contributed by atoms with Gasteiger partial charge in [-0.3, -0.25) is 14.5 Å². The van der Waals surface area contributed by atoms with Gasteiger partial charge in [0.25, 0.3) is 5.91 Å².